The zero-order valence-corrected chi connectivity index (χ0v) is 30.3. The van der Waals surface area contributed by atoms with E-state index in [-0.39, 0.29) is 40.4 Å². The van der Waals surface area contributed by atoms with Crippen LogP contribution in [-0.4, -0.2) is 73.4 Å². The van der Waals surface area contributed by atoms with Gasteiger partial charge in [0.2, 0.25) is 11.8 Å². The number of ether oxygens (including phenoxy) is 2. The minimum absolute atomic E-state index is 0.0237. The Morgan fingerprint density at radius 2 is 1.72 bits per heavy atom. The summed E-state index contributed by atoms with van der Waals surface area (Å²) in [4.78, 5) is 27.5. The molecule has 0 radical (unpaired) electrons. The Balaban J connectivity index is 1.41. The number of sulfonamides is 1. The topological polar surface area (TPSA) is 156 Å². The largest absolute Gasteiger partial charge is 0.478 e. The molecule has 1 aliphatic rings. The Labute approximate surface area is 294 Å². The van der Waals surface area contributed by atoms with Crippen molar-refractivity contribution in [2.45, 2.75) is 65.4 Å². The summed E-state index contributed by atoms with van der Waals surface area (Å²) in [6.45, 7) is 16.2. The number of aromatic carboxylic acids is 1. The summed E-state index contributed by atoms with van der Waals surface area (Å²) in [5.74, 6) is -1.18. The molecule has 0 saturated carbocycles. The third kappa shape index (κ3) is 9.34. The molecule has 1 saturated heterocycles. The van der Waals surface area contributed by atoms with Gasteiger partial charge in [-0.2, -0.15) is 4.98 Å². The normalized spacial score (nSPS) is 14.3. The van der Waals surface area contributed by atoms with Crippen molar-refractivity contribution in [3.8, 4) is 17.1 Å². The summed E-state index contributed by atoms with van der Waals surface area (Å²) in [6.07, 6.45) is 2.68. The second-order valence-corrected chi connectivity index (χ2v) is 15.5. The van der Waals surface area contributed by atoms with Crippen LogP contribution in [0.15, 0.2) is 65.7 Å². The van der Waals surface area contributed by atoms with Gasteiger partial charge in [-0.15, -0.1) is 0 Å². The first-order valence-electron chi connectivity index (χ1n) is 16.7. The van der Waals surface area contributed by atoms with Crippen molar-refractivity contribution in [3.05, 3.63) is 88.7 Å². The maximum atomic E-state index is 13.5. The number of carboxylic acids is 1. The fourth-order valence-electron chi connectivity index (χ4n) is 5.98. The van der Waals surface area contributed by atoms with Gasteiger partial charge in [0.25, 0.3) is 10.0 Å². The number of hydrogen-bond acceptors (Lipinski definition) is 10. The van der Waals surface area contributed by atoms with Gasteiger partial charge >= 0.3 is 5.97 Å². The smallest absolute Gasteiger partial charge is 0.335 e. The highest BCUT2D eigenvalue weighted by Gasteiger charge is 2.24. The van der Waals surface area contributed by atoms with Crippen LogP contribution in [0.2, 0.25) is 0 Å². The van der Waals surface area contributed by atoms with Crippen molar-refractivity contribution < 1.29 is 27.8 Å². The van der Waals surface area contributed by atoms with Crippen LogP contribution in [0.1, 0.15) is 59.9 Å². The molecular weight excluding hydrogens is 657 g/mol. The highest BCUT2D eigenvalue weighted by Crippen LogP contribution is 2.34. The van der Waals surface area contributed by atoms with Crippen molar-refractivity contribution in [1.82, 2.24) is 20.3 Å². The molecular formula is C37H46N6O6S. The number of aryl methyl sites for hydroxylation is 2. The van der Waals surface area contributed by atoms with E-state index in [1.807, 2.05) is 51.2 Å². The van der Waals surface area contributed by atoms with Crippen LogP contribution in [0.4, 0.5) is 11.6 Å². The van der Waals surface area contributed by atoms with E-state index in [2.05, 4.69) is 51.7 Å². The van der Waals surface area contributed by atoms with Gasteiger partial charge in [0.1, 0.15) is 6.61 Å². The van der Waals surface area contributed by atoms with E-state index in [1.165, 1.54) is 18.2 Å². The second kappa shape index (κ2) is 15.5. The highest BCUT2D eigenvalue weighted by atomic mass is 32.2. The van der Waals surface area contributed by atoms with Crippen LogP contribution < -0.4 is 19.7 Å². The molecule has 0 amide bonds. The molecule has 3 N–H and O–H groups in total. The van der Waals surface area contributed by atoms with Crippen molar-refractivity contribution >= 4 is 27.6 Å². The Morgan fingerprint density at radius 1 is 1.02 bits per heavy atom. The standard InChI is InChI=1S/C37H46N6O6S/c1-24-9-7-10-25(2)32(24)33-26(3)34(41-36(40-33)42-50(46,47)31-12-8-11-27(19-31)35(44)45)49-23-29(20-37(4,5)6)38-21-28-13-14-30(22-39-28)43-15-17-48-18-16-43/h7-14,19,22,29,38H,15-18,20-21,23H2,1-6H3,(H,44,45)(H,40,41,42)/t29-/m1/s1. The molecule has 4 aromatic rings. The summed E-state index contributed by atoms with van der Waals surface area (Å²) >= 11 is 0. The van der Waals surface area contributed by atoms with E-state index >= 15 is 0 Å². The molecule has 0 spiro atoms. The number of nitrogens with one attached hydrogen (secondary N) is 2. The maximum Gasteiger partial charge on any atom is 0.335 e. The lowest BCUT2D eigenvalue weighted by molar-refractivity contribution is 0.0696. The fourth-order valence-corrected chi connectivity index (χ4v) is 6.97. The average Bonchev–Trinajstić information content (AvgIpc) is 3.07. The third-order valence-corrected chi connectivity index (χ3v) is 9.80. The molecule has 266 valence electrons. The fraction of sp³-hybridized carbons (Fsp3) is 0.405. The van der Waals surface area contributed by atoms with Gasteiger partial charge in [-0.25, -0.2) is 22.9 Å². The lowest BCUT2D eigenvalue weighted by Gasteiger charge is -2.29. The highest BCUT2D eigenvalue weighted by molar-refractivity contribution is 7.92. The van der Waals surface area contributed by atoms with Gasteiger partial charge in [0, 0.05) is 36.8 Å². The number of anilines is 2. The van der Waals surface area contributed by atoms with E-state index in [1.54, 1.807) is 0 Å². The second-order valence-electron chi connectivity index (χ2n) is 13.8. The number of nitrogens with zero attached hydrogens (tertiary/aromatic N) is 4. The molecule has 2 aromatic heterocycles. The first-order chi connectivity index (χ1) is 23.7. The third-order valence-electron chi connectivity index (χ3n) is 8.47. The van der Waals surface area contributed by atoms with E-state index in [0.29, 0.717) is 31.0 Å². The molecule has 50 heavy (non-hydrogen) atoms. The van der Waals surface area contributed by atoms with Gasteiger partial charge in [0.15, 0.2) is 0 Å². The van der Waals surface area contributed by atoms with E-state index in [4.69, 9.17) is 14.5 Å². The number of benzene rings is 2. The number of morpholine rings is 1. The molecule has 12 nitrogen and oxygen atoms in total. The molecule has 0 bridgehead atoms. The monoisotopic (exact) mass is 702 g/mol. The van der Waals surface area contributed by atoms with Crippen molar-refractivity contribution in [2.75, 3.05) is 42.5 Å². The molecule has 1 fully saturated rings. The SMILES string of the molecule is Cc1cccc(C)c1-c1nc(NS(=O)(=O)c2cccc(C(=O)O)c2)nc(OC[C@@H](CC(C)(C)C)NCc2ccc(N3CCOCC3)cn2)c1C. The van der Waals surface area contributed by atoms with Gasteiger partial charge in [-0.05, 0) is 74.1 Å². The van der Waals surface area contributed by atoms with Gasteiger partial charge in [-0.1, -0.05) is 45.0 Å². The Kier molecular flexibility index (Phi) is 11.4. The first-order valence-corrected chi connectivity index (χ1v) is 18.1. The van der Waals surface area contributed by atoms with Crippen LogP contribution in [0.3, 0.4) is 0 Å². The predicted molar refractivity (Wildman–Crippen MR) is 193 cm³/mol. The van der Waals surface area contributed by atoms with Crippen LogP contribution in [0.25, 0.3) is 11.3 Å². The summed E-state index contributed by atoms with van der Waals surface area (Å²) in [6, 6.07) is 15.0. The first kappa shape index (κ1) is 36.7. The van der Waals surface area contributed by atoms with E-state index < -0.39 is 16.0 Å². The van der Waals surface area contributed by atoms with E-state index in [0.717, 1.165) is 53.6 Å². The molecule has 0 unspecified atom stereocenters. The van der Waals surface area contributed by atoms with Crippen LogP contribution in [0, 0.1) is 26.2 Å². The summed E-state index contributed by atoms with van der Waals surface area (Å²) in [5, 5.41) is 13.0. The van der Waals surface area contributed by atoms with Gasteiger partial charge in [-0.3, -0.25) is 4.98 Å². The van der Waals surface area contributed by atoms with Crippen LogP contribution in [-0.2, 0) is 21.3 Å². The Hall–Kier alpha value is -4.59. The molecule has 13 heteroatoms. The van der Waals surface area contributed by atoms with Gasteiger partial charge < -0.3 is 24.8 Å². The number of hydrogen-bond donors (Lipinski definition) is 3. The number of pyridine rings is 1. The quantitative estimate of drug-likeness (QED) is 0.155. The number of carbonyl (C=O) groups is 1. The van der Waals surface area contributed by atoms with Crippen LogP contribution in [0.5, 0.6) is 5.88 Å². The lowest BCUT2D eigenvalue weighted by atomic mass is 9.88. The molecule has 5 rings (SSSR count). The molecule has 3 heterocycles. The number of carboxylic acid groups (broad SMARTS) is 1. The van der Waals surface area contributed by atoms with Crippen LogP contribution >= 0.6 is 0 Å². The van der Waals surface area contributed by atoms with Crippen molar-refractivity contribution in [3.63, 3.8) is 0 Å². The average molecular weight is 703 g/mol. The zero-order valence-electron chi connectivity index (χ0n) is 29.5. The minimum Gasteiger partial charge on any atom is -0.478 e. The lowest BCUT2D eigenvalue weighted by Crippen LogP contribution is -2.38. The summed E-state index contributed by atoms with van der Waals surface area (Å²) < 4.78 is 41.3. The van der Waals surface area contributed by atoms with Gasteiger partial charge in [0.05, 0.1) is 46.9 Å². The molecule has 1 aliphatic heterocycles. The zero-order chi connectivity index (χ0) is 36.1. The van der Waals surface area contributed by atoms with E-state index in [9.17, 15) is 18.3 Å². The van der Waals surface area contributed by atoms with Crippen molar-refractivity contribution in [2.24, 2.45) is 5.41 Å². The number of rotatable bonds is 13. The molecule has 0 aliphatic carbocycles. The van der Waals surface area contributed by atoms with Crippen molar-refractivity contribution in [1.29, 1.82) is 0 Å². The Morgan fingerprint density at radius 3 is 2.36 bits per heavy atom. The maximum absolute atomic E-state index is 13.5. The summed E-state index contributed by atoms with van der Waals surface area (Å²) in [7, 11) is -4.25. The predicted octanol–water partition coefficient (Wildman–Crippen LogP) is 5.77. The Bertz CT molecular complexity index is 1900. The molecule has 2 aromatic carbocycles. The minimum atomic E-state index is -4.25. The number of aromatic nitrogens is 3. The molecule has 1 atom stereocenters. The summed E-state index contributed by atoms with van der Waals surface area (Å²) in [5.41, 5.74) is 5.76.